The standard InChI is InChI=1S/C19H36N4O2S/c1-5-7-11-24-13-14-25-12-10-21-19(20-6-2)22-16-17(23(3)4)18-9-8-15-26-18/h8-9,15,17H,5-7,10-14,16H2,1-4H3,(H2,20,21,22). The molecule has 1 aromatic rings. The second kappa shape index (κ2) is 15.0. The molecule has 0 saturated carbocycles. The van der Waals surface area contributed by atoms with Crippen LogP contribution in [0.2, 0.25) is 0 Å². The fourth-order valence-electron chi connectivity index (χ4n) is 2.32. The lowest BCUT2D eigenvalue weighted by atomic mass is 10.2. The van der Waals surface area contributed by atoms with E-state index in [-0.39, 0.29) is 0 Å². The van der Waals surface area contributed by atoms with Gasteiger partial charge in [-0.05, 0) is 38.9 Å². The van der Waals surface area contributed by atoms with E-state index in [9.17, 15) is 0 Å². The number of guanidine groups is 1. The number of unbranched alkanes of at least 4 members (excludes halogenated alkanes) is 1. The number of hydrogen-bond acceptors (Lipinski definition) is 5. The summed E-state index contributed by atoms with van der Waals surface area (Å²) in [5.74, 6) is 0.832. The van der Waals surface area contributed by atoms with Gasteiger partial charge in [0.15, 0.2) is 5.96 Å². The van der Waals surface area contributed by atoms with E-state index in [0.29, 0.717) is 25.9 Å². The van der Waals surface area contributed by atoms with Gasteiger partial charge in [0.25, 0.3) is 0 Å². The van der Waals surface area contributed by atoms with Crippen LogP contribution in [-0.4, -0.2) is 71.0 Å². The molecule has 1 aromatic heterocycles. The quantitative estimate of drug-likeness (QED) is 0.293. The van der Waals surface area contributed by atoms with Crippen molar-refractivity contribution in [2.75, 3.05) is 60.2 Å². The summed E-state index contributed by atoms with van der Waals surface area (Å²) in [6.07, 6.45) is 2.28. The van der Waals surface area contributed by atoms with Crippen molar-refractivity contribution < 1.29 is 9.47 Å². The van der Waals surface area contributed by atoms with Crippen molar-refractivity contribution in [3.05, 3.63) is 22.4 Å². The Morgan fingerprint density at radius 2 is 1.92 bits per heavy atom. The van der Waals surface area contributed by atoms with E-state index in [1.165, 1.54) is 11.3 Å². The maximum absolute atomic E-state index is 5.59. The van der Waals surface area contributed by atoms with Crippen molar-refractivity contribution in [3.63, 3.8) is 0 Å². The smallest absolute Gasteiger partial charge is 0.191 e. The van der Waals surface area contributed by atoms with Crippen molar-refractivity contribution in [1.29, 1.82) is 0 Å². The van der Waals surface area contributed by atoms with E-state index in [2.05, 4.69) is 61.0 Å². The number of ether oxygens (including phenoxy) is 2. The lowest BCUT2D eigenvalue weighted by Crippen LogP contribution is -2.39. The highest BCUT2D eigenvalue weighted by molar-refractivity contribution is 7.10. The molecule has 0 aromatic carbocycles. The van der Waals surface area contributed by atoms with Crippen LogP contribution in [0.4, 0.5) is 0 Å². The zero-order chi connectivity index (χ0) is 19.0. The minimum Gasteiger partial charge on any atom is -0.379 e. The van der Waals surface area contributed by atoms with Crippen LogP contribution in [0.5, 0.6) is 0 Å². The Morgan fingerprint density at radius 1 is 1.15 bits per heavy atom. The maximum atomic E-state index is 5.59. The Morgan fingerprint density at radius 3 is 2.54 bits per heavy atom. The molecule has 150 valence electrons. The monoisotopic (exact) mass is 384 g/mol. The SMILES string of the molecule is CCCCOCCOCCNC(=NCC(c1cccs1)N(C)C)NCC. The number of likely N-dealkylation sites (N-methyl/N-ethyl adjacent to an activating group) is 1. The molecule has 26 heavy (non-hydrogen) atoms. The third kappa shape index (κ3) is 10.1. The highest BCUT2D eigenvalue weighted by Crippen LogP contribution is 2.23. The molecule has 0 amide bonds. The fraction of sp³-hybridized carbons (Fsp3) is 0.737. The van der Waals surface area contributed by atoms with E-state index < -0.39 is 0 Å². The maximum Gasteiger partial charge on any atom is 0.191 e. The van der Waals surface area contributed by atoms with E-state index >= 15 is 0 Å². The first-order chi connectivity index (χ1) is 12.7. The Hall–Kier alpha value is -1.15. The zero-order valence-electron chi connectivity index (χ0n) is 16.8. The minimum atomic E-state index is 0.293. The molecule has 0 aliphatic rings. The second-order valence-corrected chi connectivity index (χ2v) is 7.20. The van der Waals surface area contributed by atoms with Crippen LogP contribution in [0.15, 0.2) is 22.5 Å². The first-order valence-corrected chi connectivity index (χ1v) is 10.4. The van der Waals surface area contributed by atoms with Crippen LogP contribution >= 0.6 is 11.3 Å². The molecule has 0 aliphatic carbocycles. The van der Waals surface area contributed by atoms with Gasteiger partial charge in [-0.25, -0.2) is 0 Å². The minimum absolute atomic E-state index is 0.293. The Bertz CT molecular complexity index is 466. The second-order valence-electron chi connectivity index (χ2n) is 6.22. The molecule has 2 N–H and O–H groups in total. The molecule has 7 heteroatoms. The van der Waals surface area contributed by atoms with Crippen molar-refractivity contribution in [2.45, 2.75) is 32.7 Å². The predicted octanol–water partition coefficient (Wildman–Crippen LogP) is 2.74. The van der Waals surface area contributed by atoms with Crippen LogP contribution in [-0.2, 0) is 9.47 Å². The molecule has 1 unspecified atom stereocenters. The number of hydrogen-bond donors (Lipinski definition) is 2. The van der Waals surface area contributed by atoms with Crippen LogP contribution in [0, 0.1) is 0 Å². The summed E-state index contributed by atoms with van der Waals surface area (Å²) >= 11 is 1.77. The summed E-state index contributed by atoms with van der Waals surface area (Å²) in [5.41, 5.74) is 0. The molecule has 0 saturated heterocycles. The van der Waals surface area contributed by atoms with Gasteiger partial charge in [-0.1, -0.05) is 19.4 Å². The summed E-state index contributed by atoms with van der Waals surface area (Å²) in [5, 5.41) is 8.73. The summed E-state index contributed by atoms with van der Waals surface area (Å²) in [7, 11) is 4.19. The zero-order valence-corrected chi connectivity index (χ0v) is 17.6. The molecule has 0 bridgehead atoms. The van der Waals surface area contributed by atoms with E-state index in [4.69, 9.17) is 14.5 Å². The molecule has 0 spiro atoms. The normalized spacial score (nSPS) is 13.2. The van der Waals surface area contributed by atoms with Gasteiger partial charge >= 0.3 is 0 Å². The number of aliphatic imine (C=N–C) groups is 1. The van der Waals surface area contributed by atoms with Crippen molar-refractivity contribution >= 4 is 17.3 Å². The van der Waals surface area contributed by atoms with E-state index in [1.54, 1.807) is 11.3 Å². The Kier molecular flexibility index (Phi) is 13.2. The Balaban J connectivity index is 2.30. The number of thiophene rings is 1. The van der Waals surface area contributed by atoms with Gasteiger partial charge in [0, 0.05) is 24.6 Å². The van der Waals surface area contributed by atoms with Crippen LogP contribution in [0.25, 0.3) is 0 Å². The van der Waals surface area contributed by atoms with Gasteiger partial charge in [0.1, 0.15) is 0 Å². The summed E-state index contributed by atoms with van der Waals surface area (Å²) in [6, 6.07) is 4.55. The third-order valence-corrected chi connectivity index (χ3v) is 4.79. The van der Waals surface area contributed by atoms with Gasteiger partial charge in [0.2, 0.25) is 0 Å². The first kappa shape index (κ1) is 22.9. The van der Waals surface area contributed by atoms with Crippen LogP contribution < -0.4 is 10.6 Å². The van der Waals surface area contributed by atoms with Gasteiger partial charge in [-0.15, -0.1) is 11.3 Å². The molecule has 0 radical (unpaired) electrons. The number of rotatable bonds is 14. The number of nitrogens with one attached hydrogen (secondary N) is 2. The summed E-state index contributed by atoms with van der Waals surface area (Å²) in [6.45, 7) is 9.29. The molecule has 1 rings (SSSR count). The molecule has 6 nitrogen and oxygen atoms in total. The average Bonchev–Trinajstić information content (AvgIpc) is 3.14. The van der Waals surface area contributed by atoms with Crippen LogP contribution in [0.1, 0.15) is 37.6 Å². The van der Waals surface area contributed by atoms with E-state index in [1.807, 2.05) is 0 Å². The summed E-state index contributed by atoms with van der Waals surface area (Å²) in [4.78, 5) is 8.28. The molecule has 1 heterocycles. The molecular formula is C19H36N4O2S. The third-order valence-electron chi connectivity index (χ3n) is 3.81. The highest BCUT2D eigenvalue weighted by Gasteiger charge is 2.14. The van der Waals surface area contributed by atoms with Gasteiger partial charge < -0.3 is 25.0 Å². The van der Waals surface area contributed by atoms with Crippen molar-refractivity contribution in [3.8, 4) is 0 Å². The lowest BCUT2D eigenvalue weighted by molar-refractivity contribution is 0.0487. The van der Waals surface area contributed by atoms with Crippen molar-refractivity contribution in [2.24, 2.45) is 4.99 Å². The molecule has 1 atom stereocenters. The average molecular weight is 385 g/mol. The number of nitrogens with zero attached hydrogens (tertiary/aromatic N) is 2. The van der Waals surface area contributed by atoms with E-state index in [0.717, 1.165) is 38.6 Å². The predicted molar refractivity (Wildman–Crippen MR) is 111 cm³/mol. The molecule has 0 aliphatic heterocycles. The molecular weight excluding hydrogens is 348 g/mol. The lowest BCUT2D eigenvalue weighted by Gasteiger charge is -2.22. The fourth-order valence-corrected chi connectivity index (χ4v) is 3.23. The molecule has 0 fully saturated rings. The van der Waals surface area contributed by atoms with Gasteiger partial charge in [-0.3, -0.25) is 4.99 Å². The van der Waals surface area contributed by atoms with Gasteiger partial charge in [-0.2, -0.15) is 0 Å². The van der Waals surface area contributed by atoms with Crippen LogP contribution in [0.3, 0.4) is 0 Å². The van der Waals surface area contributed by atoms with Gasteiger partial charge in [0.05, 0.1) is 32.4 Å². The topological polar surface area (TPSA) is 58.1 Å². The first-order valence-electron chi connectivity index (χ1n) is 9.56. The largest absolute Gasteiger partial charge is 0.379 e. The Labute approximate surface area is 163 Å². The highest BCUT2D eigenvalue weighted by atomic mass is 32.1. The summed E-state index contributed by atoms with van der Waals surface area (Å²) < 4.78 is 11.1. The van der Waals surface area contributed by atoms with Crippen molar-refractivity contribution in [1.82, 2.24) is 15.5 Å².